The molecular weight excluding hydrogens is 470 g/mol. The van der Waals surface area contributed by atoms with E-state index in [0.29, 0.717) is 36.4 Å². The van der Waals surface area contributed by atoms with E-state index in [-0.39, 0.29) is 18.4 Å². The van der Waals surface area contributed by atoms with Crippen molar-refractivity contribution in [2.24, 2.45) is 0 Å². The van der Waals surface area contributed by atoms with E-state index in [2.05, 4.69) is 25.6 Å². The summed E-state index contributed by atoms with van der Waals surface area (Å²) in [6, 6.07) is 9.47. The fourth-order valence-corrected chi connectivity index (χ4v) is 3.93. The molecule has 0 aliphatic carbocycles. The number of carbonyl (C=O) groups excluding carboxylic acids is 2. The van der Waals surface area contributed by atoms with Gasteiger partial charge in [-0.05, 0) is 45.0 Å². The van der Waals surface area contributed by atoms with Crippen LogP contribution < -0.4 is 24.8 Å². The van der Waals surface area contributed by atoms with Gasteiger partial charge in [0.15, 0.2) is 29.7 Å². The van der Waals surface area contributed by atoms with E-state index in [1.807, 2.05) is 45.0 Å². The van der Waals surface area contributed by atoms with Crippen molar-refractivity contribution < 1.29 is 23.8 Å². The van der Waals surface area contributed by atoms with Crippen LogP contribution in [-0.2, 0) is 9.59 Å². The summed E-state index contributed by atoms with van der Waals surface area (Å²) < 4.78 is 15.7. The average Bonchev–Trinajstić information content (AvgIpc) is 2.84. The summed E-state index contributed by atoms with van der Waals surface area (Å²) in [5, 5.41) is 5.36. The monoisotopic (exact) mass is 495 g/mol. The van der Waals surface area contributed by atoms with Crippen LogP contribution in [-0.4, -0.2) is 52.3 Å². The van der Waals surface area contributed by atoms with Gasteiger partial charge in [-0.15, -0.1) is 11.8 Å². The summed E-state index contributed by atoms with van der Waals surface area (Å²) in [6.07, 6.45) is 1.70. The second-order valence-corrected chi connectivity index (χ2v) is 8.76. The van der Waals surface area contributed by atoms with Gasteiger partial charge in [-0.25, -0.2) is 9.97 Å². The molecule has 2 N–H and O–H groups in total. The fraction of sp³-hybridized carbons (Fsp3) is 0.292. The minimum atomic E-state index is -0.152. The van der Waals surface area contributed by atoms with Gasteiger partial charge in [-0.2, -0.15) is 0 Å². The Morgan fingerprint density at radius 2 is 1.46 bits per heavy atom. The lowest BCUT2D eigenvalue weighted by atomic mass is 10.3. The minimum absolute atomic E-state index is 0.0330. The van der Waals surface area contributed by atoms with Gasteiger partial charge in [0.1, 0.15) is 19.0 Å². The highest BCUT2D eigenvalue weighted by Crippen LogP contribution is 2.30. The molecule has 0 bridgehead atoms. The number of thioether (sulfide) groups is 1. The maximum absolute atomic E-state index is 11.0. The molecule has 0 radical (unpaired) electrons. The first kappa shape index (κ1) is 24.3. The number of aromatic nitrogens is 3. The molecule has 6 rings (SSSR count). The van der Waals surface area contributed by atoms with Gasteiger partial charge in [0, 0.05) is 23.1 Å². The molecule has 182 valence electrons. The molecule has 0 atom stereocenters. The van der Waals surface area contributed by atoms with Crippen molar-refractivity contribution in [1.29, 1.82) is 0 Å². The molecule has 0 spiro atoms. The van der Waals surface area contributed by atoms with E-state index in [1.54, 1.807) is 12.3 Å². The number of carbonyl (C=O) groups is 2. The Kier molecular flexibility index (Phi) is 7.66. The summed E-state index contributed by atoms with van der Waals surface area (Å²) in [6.45, 7) is 7.04. The Balaban J connectivity index is 0.000000124. The number of ether oxygens (including phenoxy) is 3. The number of hydrogen-bond donors (Lipinski definition) is 2. The van der Waals surface area contributed by atoms with Crippen LogP contribution in [0.3, 0.4) is 0 Å². The summed E-state index contributed by atoms with van der Waals surface area (Å²) in [4.78, 5) is 35.3. The normalized spacial score (nSPS) is 14.8. The van der Waals surface area contributed by atoms with E-state index >= 15 is 0 Å². The number of aryl methyl sites for hydroxylation is 3. The van der Waals surface area contributed by atoms with Crippen LogP contribution in [0.4, 0.5) is 11.6 Å². The van der Waals surface area contributed by atoms with Gasteiger partial charge in [-0.3, -0.25) is 14.6 Å². The lowest BCUT2D eigenvalue weighted by molar-refractivity contribution is -0.118. The molecule has 0 unspecified atom stereocenters. The fourth-order valence-electron chi connectivity index (χ4n) is 3.17. The lowest BCUT2D eigenvalue weighted by Crippen LogP contribution is -2.26. The summed E-state index contributed by atoms with van der Waals surface area (Å²) >= 11 is 1.53. The number of fused-ring (bicyclic) bond motifs is 3. The molecular formula is C24H25N5O5S. The van der Waals surface area contributed by atoms with Crippen molar-refractivity contribution in [3.63, 3.8) is 0 Å². The average molecular weight is 496 g/mol. The van der Waals surface area contributed by atoms with Crippen molar-refractivity contribution in [2.45, 2.75) is 25.7 Å². The zero-order valence-corrected chi connectivity index (χ0v) is 20.4. The van der Waals surface area contributed by atoms with Gasteiger partial charge < -0.3 is 24.8 Å². The van der Waals surface area contributed by atoms with E-state index < -0.39 is 0 Å². The number of nitrogens with zero attached hydrogens (tertiary/aromatic N) is 3. The zero-order valence-electron chi connectivity index (χ0n) is 19.6. The van der Waals surface area contributed by atoms with Gasteiger partial charge in [0.05, 0.1) is 16.8 Å². The van der Waals surface area contributed by atoms with Crippen LogP contribution in [0.15, 0.2) is 41.4 Å². The first-order valence-electron chi connectivity index (χ1n) is 10.9. The van der Waals surface area contributed by atoms with Crippen LogP contribution in [0.5, 0.6) is 17.2 Å². The molecule has 0 saturated carbocycles. The second kappa shape index (κ2) is 11.0. The SMILES string of the molecule is Cc1cc2c(cn1)OCCO2.Cc1ccc2c(n1)NC(=O)CO2.Cc1ccc2c(n1)NC(=O)CS2. The molecule has 2 amide bonds. The molecule has 3 aromatic rings. The molecule has 0 saturated heterocycles. The van der Waals surface area contributed by atoms with Crippen molar-refractivity contribution >= 4 is 35.2 Å². The molecule has 3 aromatic heterocycles. The van der Waals surface area contributed by atoms with Crippen LogP contribution >= 0.6 is 11.8 Å². The number of hydrogen-bond acceptors (Lipinski definition) is 9. The first-order chi connectivity index (χ1) is 16.9. The number of rotatable bonds is 0. The van der Waals surface area contributed by atoms with Gasteiger partial charge in [0.2, 0.25) is 5.91 Å². The van der Waals surface area contributed by atoms with Crippen LogP contribution in [0.2, 0.25) is 0 Å². The van der Waals surface area contributed by atoms with Crippen LogP contribution in [0.1, 0.15) is 17.1 Å². The zero-order chi connectivity index (χ0) is 24.8. The highest BCUT2D eigenvalue weighted by Gasteiger charge is 2.17. The largest absolute Gasteiger partial charge is 0.486 e. The standard InChI is InChI=1S/C8H8N2O2.C8H8N2OS.C8H9NO2/c2*1-5-2-3-6-8(9-5)10-7(11)4-12-6;1-6-4-7-8(5-9-6)11-3-2-10-7/h2*2-3H,4H2,1H3,(H,9,10,11);4-5H,2-3H2,1H3. The van der Waals surface area contributed by atoms with E-state index in [4.69, 9.17) is 14.2 Å². The molecule has 6 heterocycles. The number of amides is 2. The topological polar surface area (TPSA) is 125 Å². The summed E-state index contributed by atoms with van der Waals surface area (Å²) in [7, 11) is 0. The summed E-state index contributed by atoms with van der Waals surface area (Å²) in [5.41, 5.74) is 2.74. The Labute approximate surface area is 206 Å². The summed E-state index contributed by atoms with van der Waals surface area (Å²) in [5.74, 6) is 3.80. The van der Waals surface area contributed by atoms with Crippen molar-refractivity contribution in [1.82, 2.24) is 15.0 Å². The number of nitrogens with one attached hydrogen (secondary N) is 2. The molecule has 3 aliphatic rings. The van der Waals surface area contributed by atoms with E-state index in [9.17, 15) is 9.59 Å². The smallest absolute Gasteiger partial charge is 0.263 e. The van der Waals surface area contributed by atoms with Crippen molar-refractivity contribution in [3.8, 4) is 17.2 Å². The molecule has 11 heteroatoms. The van der Waals surface area contributed by atoms with Crippen LogP contribution in [0, 0.1) is 20.8 Å². The number of anilines is 2. The quantitative estimate of drug-likeness (QED) is 0.483. The number of pyridine rings is 3. The molecule has 0 aromatic carbocycles. The molecule has 0 fully saturated rings. The first-order valence-corrected chi connectivity index (χ1v) is 11.9. The third-order valence-corrected chi connectivity index (χ3v) is 5.84. The van der Waals surface area contributed by atoms with Gasteiger partial charge in [-0.1, -0.05) is 0 Å². The van der Waals surface area contributed by atoms with Gasteiger partial charge in [0.25, 0.3) is 5.91 Å². The molecule has 10 nitrogen and oxygen atoms in total. The van der Waals surface area contributed by atoms with Crippen molar-refractivity contribution in [3.05, 3.63) is 53.6 Å². The highest BCUT2D eigenvalue weighted by molar-refractivity contribution is 8.00. The molecule has 3 aliphatic heterocycles. The predicted octanol–water partition coefficient (Wildman–Crippen LogP) is 3.32. The van der Waals surface area contributed by atoms with Crippen molar-refractivity contribution in [2.75, 3.05) is 36.2 Å². The maximum Gasteiger partial charge on any atom is 0.263 e. The minimum Gasteiger partial charge on any atom is -0.486 e. The Bertz CT molecular complexity index is 1190. The van der Waals surface area contributed by atoms with Gasteiger partial charge >= 0.3 is 0 Å². The van der Waals surface area contributed by atoms with Crippen LogP contribution in [0.25, 0.3) is 0 Å². The molecule has 35 heavy (non-hydrogen) atoms. The highest BCUT2D eigenvalue weighted by atomic mass is 32.2. The second-order valence-electron chi connectivity index (χ2n) is 7.74. The maximum atomic E-state index is 11.0. The predicted molar refractivity (Wildman–Crippen MR) is 131 cm³/mol. The van der Waals surface area contributed by atoms with E-state index in [1.165, 1.54) is 11.8 Å². The third-order valence-electron chi connectivity index (χ3n) is 4.79. The lowest BCUT2D eigenvalue weighted by Gasteiger charge is -2.17. The Hall–Kier alpha value is -3.86. The third kappa shape index (κ3) is 6.60. The Morgan fingerprint density at radius 3 is 2.26 bits per heavy atom. The Morgan fingerprint density at radius 1 is 0.771 bits per heavy atom. The van der Waals surface area contributed by atoms with E-state index in [0.717, 1.165) is 33.5 Å².